The van der Waals surface area contributed by atoms with Gasteiger partial charge in [-0.05, 0) is 12.8 Å². The van der Waals surface area contributed by atoms with Crippen molar-refractivity contribution < 1.29 is 4.42 Å². The Morgan fingerprint density at radius 3 is 2.90 bits per heavy atom. The van der Waals surface area contributed by atoms with Crippen molar-refractivity contribution in [2.24, 2.45) is 0 Å². The van der Waals surface area contributed by atoms with E-state index in [0.29, 0.717) is 17.7 Å². The highest BCUT2D eigenvalue weighted by Crippen LogP contribution is 2.37. The molecule has 4 rings (SSSR count). The lowest BCUT2D eigenvalue weighted by molar-refractivity contribution is 0.529. The first-order chi connectivity index (χ1) is 10.4. The summed E-state index contributed by atoms with van der Waals surface area (Å²) >= 11 is 1.62. The van der Waals surface area contributed by atoms with E-state index in [1.807, 2.05) is 36.7 Å². The summed E-state index contributed by atoms with van der Waals surface area (Å²) in [4.78, 5) is 4.34. The molecule has 0 N–H and O–H groups in total. The average molecular weight is 298 g/mol. The molecule has 6 heteroatoms. The third-order valence-electron chi connectivity index (χ3n) is 3.42. The van der Waals surface area contributed by atoms with Gasteiger partial charge in [-0.25, -0.2) is 4.98 Å². The highest BCUT2D eigenvalue weighted by molar-refractivity contribution is 7.98. The van der Waals surface area contributed by atoms with Crippen LogP contribution in [0, 0.1) is 0 Å². The van der Waals surface area contributed by atoms with Crippen LogP contribution < -0.4 is 0 Å². The van der Waals surface area contributed by atoms with Gasteiger partial charge in [-0.3, -0.25) is 0 Å². The summed E-state index contributed by atoms with van der Waals surface area (Å²) in [5, 5.41) is 9.10. The predicted octanol–water partition coefficient (Wildman–Crippen LogP) is 3.56. The summed E-state index contributed by atoms with van der Waals surface area (Å²) in [5.74, 6) is 2.18. The van der Waals surface area contributed by atoms with Crippen LogP contribution in [0.5, 0.6) is 0 Å². The lowest BCUT2D eigenvalue weighted by Gasteiger charge is -2.01. The Labute approximate surface area is 126 Å². The highest BCUT2D eigenvalue weighted by Gasteiger charge is 2.26. The first-order valence-corrected chi connectivity index (χ1v) is 7.91. The number of nitrogens with zero attached hydrogens (tertiary/aromatic N) is 4. The number of rotatable bonds is 5. The van der Waals surface area contributed by atoms with Crippen molar-refractivity contribution in [1.29, 1.82) is 0 Å². The highest BCUT2D eigenvalue weighted by atomic mass is 32.2. The normalized spacial score (nSPS) is 14.5. The van der Waals surface area contributed by atoms with Crippen molar-refractivity contribution in [1.82, 2.24) is 19.7 Å². The fourth-order valence-electron chi connectivity index (χ4n) is 2.18. The van der Waals surface area contributed by atoms with Crippen molar-refractivity contribution in [3.05, 3.63) is 48.7 Å². The van der Waals surface area contributed by atoms with Gasteiger partial charge in [0.2, 0.25) is 5.89 Å². The molecule has 0 aliphatic heterocycles. The van der Waals surface area contributed by atoms with Crippen LogP contribution in [-0.2, 0) is 5.75 Å². The predicted molar refractivity (Wildman–Crippen MR) is 79.8 cm³/mol. The van der Waals surface area contributed by atoms with E-state index in [0.717, 1.165) is 16.5 Å². The molecule has 5 nitrogen and oxygen atoms in total. The topological polar surface area (TPSA) is 56.7 Å². The molecular weight excluding hydrogens is 284 g/mol. The van der Waals surface area contributed by atoms with Gasteiger partial charge >= 0.3 is 0 Å². The molecule has 0 bridgehead atoms. The van der Waals surface area contributed by atoms with Gasteiger partial charge in [-0.2, -0.15) is 0 Å². The molecule has 0 atom stereocenters. The lowest BCUT2D eigenvalue weighted by Crippen LogP contribution is -1.94. The summed E-state index contributed by atoms with van der Waals surface area (Å²) in [6.45, 7) is 0. The van der Waals surface area contributed by atoms with E-state index >= 15 is 0 Å². The maximum atomic E-state index is 5.79. The smallest absolute Gasteiger partial charge is 0.205 e. The Bertz CT molecular complexity index is 733. The van der Waals surface area contributed by atoms with Crippen LogP contribution in [0.15, 0.2) is 52.4 Å². The Balaban J connectivity index is 1.46. The summed E-state index contributed by atoms with van der Waals surface area (Å²) in [5.41, 5.74) is 1.04. The number of oxazole rings is 1. The van der Waals surface area contributed by atoms with Crippen LogP contribution >= 0.6 is 11.8 Å². The number of aromatic nitrogens is 4. The van der Waals surface area contributed by atoms with E-state index in [2.05, 4.69) is 19.7 Å². The molecule has 1 saturated carbocycles. The summed E-state index contributed by atoms with van der Waals surface area (Å²) in [6, 6.07) is 10.6. The van der Waals surface area contributed by atoms with E-state index < -0.39 is 0 Å². The molecule has 0 spiro atoms. The number of hydrogen-bond donors (Lipinski definition) is 0. The van der Waals surface area contributed by atoms with E-state index in [1.54, 1.807) is 18.0 Å². The van der Waals surface area contributed by atoms with Crippen molar-refractivity contribution in [2.75, 3.05) is 0 Å². The maximum absolute atomic E-state index is 5.79. The fraction of sp³-hybridized carbons (Fsp3) is 0.267. The molecule has 2 aromatic heterocycles. The molecule has 21 heavy (non-hydrogen) atoms. The molecule has 0 radical (unpaired) electrons. The zero-order valence-corrected chi connectivity index (χ0v) is 12.2. The molecule has 106 valence electrons. The van der Waals surface area contributed by atoms with Gasteiger partial charge in [-0.1, -0.05) is 42.1 Å². The lowest BCUT2D eigenvalue weighted by atomic mass is 10.2. The van der Waals surface area contributed by atoms with E-state index in [1.165, 1.54) is 12.8 Å². The van der Waals surface area contributed by atoms with Gasteiger partial charge in [0.15, 0.2) is 10.9 Å². The second kappa shape index (κ2) is 5.37. The molecule has 1 aromatic carbocycles. The van der Waals surface area contributed by atoms with Crippen LogP contribution in [0.4, 0.5) is 0 Å². The van der Waals surface area contributed by atoms with Gasteiger partial charge in [0.05, 0.1) is 11.9 Å². The first kappa shape index (κ1) is 12.6. The zero-order chi connectivity index (χ0) is 14.1. The monoisotopic (exact) mass is 298 g/mol. The largest absolute Gasteiger partial charge is 0.440 e. The van der Waals surface area contributed by atoms with Crippen LogP contribution in [0.2, 0.25) is 0 Å². The van der Waals surface area contributed by atoms with E-state index in [-0.39, 0.29) is 0 Å². The van der Waals surface area contributed by atoms with Crippen molar-refractivity contribution in [3.8, 4) is 11.3 Å². The second-order valence-electron chi connectivity index (χ2n) is 5.02. The van der Waals surface area contributed by atoms with Crippen LogP contribution in [0.25, 0.3) is 11.3 Å². The number of thioether (sulfide) groups is 1. The van der Waals surface area contributed by atoms with Crippen molar-refractivity contribution in [3.63, 3.8) is 0 Å². The SMILES string of the molecule is c1ccc(-c2cnc(CSc3nncn3C3CC3)o2)cc1. The number of hydrogen-bond acceptors (Lipinski definition) is 5. The minimum absolute atomic E-state index is 0.590. The third-order valence-corrected chi connectivity index (χ3v) is 4.36. The Morgan fingerprint density at radius 1 is 1.24 bits per heavy atom. The summed E-state index contributed by atoms with van der Waals surface area (Å²) in [7, 11) is 0. The molecule has 3 aromatic rings. The molecule has 0 unspecified atom stereocenters. The van der Waals surface area contributed by atoms with Crippen LogP contribution in [0.3, 0.4) is 0 Å². The molecule has 0 saturated heterocycles. The standard InChI is InChI=1S/C15H14N4OS/c1-2-4-11(5-3-1)13-8-16-14(20-13)9-21-15-18-17-10-19(15)12-6-7-12/h1-5,8,10,12H,6-7,9H2. The minimum atomic E-state index is 0.590. The van der Waals surface area contributed by atoms with Gasteiger partial charge in [-0.15, -0.1) is 10.2 Å². The molecule has 2 heterocycles. The van der Waals surface area contributed by atoms with Crippen molar-refractivity contribution in [2.45, 2.75) is 29.8 Å². The summed E-state index contributed by atoms with van der Waals surface area (Å²) in [6.07, 6.45) is 6.04. The van der Waals surface area contributed by atoms with Crippen LogP contribution in [0.1, 0.15) is 24.8 Å². The zero-order valence-electron chi connectivity index (χ0n) is 11.3. The Morgan fingerprint density at radius 2 is 2.10 bits per heavy atom. The Hall–Kier alpha value is -2.08. The van der Waals surface area contributed by atoms with E-state index in [4.69, 9.17) is 4.42 Å². The molecule has 0 amide bonds. The molecule has 1 fully saturated rings. The second-order valence-corrected chi connectivity index (χ2v) is 5.97. The van der Waals surface area contributed by atoms with Gasteiger partial charge in [0.1, 0.15) is 6.33 Å². The van der Waals surface area contributed by atoms with E-state index in [9.17, 15) is 0 Å². The average Bonchev–Trinajstić information content (AvgIpc) is 3.09. The first-order valence-electron chi connectivity index (χ1n) is 6.92. The van der Waals surface area contributed by atoms with Gasteiger partial charge in [0, 0.05) is 11.6 Å². The van der Waals surface area contributed by atoms with Crippen molar-refractivity contribution >= 4 is 11.8 Å². The van der Waals surface area contributed by atoms with Crippen LogP contribution in [-0.4, -0.2) is 19.7 Å². The minimum Gasteiger partial charge on any atom is -0.440 e. The maximum Gasteiger partial charge on any atom is 0.205 e. The van der Waals surface area contributed by atoms with Gasteiger partial charge in [0.25, 0.3) is 0 Å². The molecule has 1 aliphatic rings. The molecular formula is C15H14N4OS. The quantitative estimate of drug-likeness (QED) is 0.674. The Kier molecular flexibility index (Phi) is 3.23. The number of benzene rings is 1. The molecule has 1 aliphatic carbocycles. The van der Waals surface area contributed by atoms with Gasteiger partial charge < -0.3 is 8.98 Å². The summed E-state index contributed by atoms with van der Waals surface area (Å²) < 4.78 is 7.94. The third kappa shape index (κ3) is 2.71. The fourth-order valence-corrected chi connectivity index (χ4v) is 3.01.